The molecule has 1 rings (SSSR count). The first-order valence-corrected chi connectivity index (χ1v) is 6.95. The van der Waals surface area contributed by atoms with Gasteiger partial charge in [-0.15, -0.1) is 0 Å². The lowest BCUT2D eigenvalue weighted by molar-refractivity contribution is -0.118. The van der Waals surface area contributed by atoms with Crippen molar-refractivity contribution in [3.8, 4) is 0 Å². The predicted molar refractivity (Wildman–Crippen MR) is 82.3 cm³/mol. The molecule has 1 amide bonds. The lowest BCUT2D eigenvalue weighted by Crippen LogP contribution is -2.37. The molecule has 0 unspecified atom stereocenters. The second-order valence-corrected chi connectivity index (χ2v) is 6.89. The number of halogens is 1. The average Bonchev–Trinajstić information content (AvgIpc) is 2.27. The summed E-state index contributed by atoms with van der Waals surface area (Å²) in [5.74, 6) is -0.722. The van der Waals surface area contributed by atoms with Gasteiger partial charge in [-0.05, 0) is 40.7 Å². The van der Waals surface area contributed by atoms with Crippen LogP contribution in [0.4, 0.5) is 10.2 Å². The molecule has 0 aliphatic heterocycles. The Morgan fingerprint density at radius 1 is 1.33 bits per heavy atom. The van der Waals surface area contributed by atoms with Gasteiger partial charge < -0.3 is 16.4 Å². The van der Waals surface area contributed by atoms with Crippen molar-refractivity contribution in [2.75, 3.05) is 5.32 Å². The summed E-state index contributed by atoms with van der Waals surface area (Å²) in [4.78, 5) is 15.0. The molecule has 118 valence electrons. The van der Waals surface area contributed by atoms with E-state index in [1.165, 1.54) is 0 Å². The number of nitrogens with two attached hydrogens (primary N) is 1. The van der Waals surface area contributed by atoms with Crippen molar-refractivity contribution < 1.29 is 9.18 Å². The van der Waals surface area contributed by atoms with E-state index in [-0.39, 0.29) is 17.8 Å². The topological polar surface area (TPSA) is 80.0 Å². The number of carbonyl (C=O) groups is 1. The summed E-state index contributed by atoms with van der Waals surface area (Å²) in [6, 6.07) is 1.64. The normalized spacial score (nSPS) is 12.3. The molecule has 1 aromatic rings. The Labute approximate surface area is 125 Å². The second-order valence-electron chi connectivity index (χ2n) is 6.89. The van der Waals surface area contributed by atoms with Crippen LogP contribution in [0.5, 0.6) is 0 Å². The van der Waals surface area contributed by atoms with Gasteiger partial charge in [-0.2, -0.15) is 0 Å². The first kappa shape index (κ1) is 17.4. The summed E-state index contributed by atoms with van der Waals surface area (Å²) < 4.78 is 14.4. The Balaban J connectivity index is 2.88. The smallest absolute Gasteiger partial charge is 0.219 e. The minimum absolute atomic E-state index is 0.0958. The van der Waals surface area contributed by atoms with Crippen LogP contribution in [0.2, 0.25) is 0 Å². The molecule has 0 bridgehead atoms. The zero-order valence-electron chi connectivity index (χ0n) is 13.4. The summed E-state index contributed by atoms with van der Waals surface area (Å²) in [5, 5.41) is 6.17. The molecule has 1 aromatic heterocycles. The molecule has 0 atom stereocenters. The third-order valence-electron chi connectivity index (χ3n) is 2.85. The Morgan fingerprint density at radius 2 is 1.95 bits per heavy atom. The zero-order chi connectivity index (χ0) is 16.3. The molecule has 0 spiro atoms. The van der Waals surface area contributed by atoms with Crippen molar-refractivity contribution in [3.05, 3.63) is 23.6 Å². The largest absolute Gasteiger partial charge is 0.370 e. The van der Waals surface area contributed by atoms with Crippen LogP contribution in [0.1, 0.15) is 46.6 Å². The van der Waals surface area contributed by atoms with Crippen molar-refractivity contribution in [1.82, 2.24) is 10.3 Å². The van der Waals surface area contributed by atoms with Crippen LogP contribution in [0.3, 0.4) is 0 Å². The Hall–Kier alpha value is -1.69. The van der Waals surface area contributed by atoms with Crippen LogP contribution in [0.15, 0.2) is 12.3 Å². The number of carbonyl (C=O) groups excluding carboxylic acids is 1. The van der Waals surface area contributed by atoms with Crippen LogP contribution in [-0.4, -0.2) is 22.0 Å². The van der Waals surface area contributed by atoms with Gasteiger partial charge in [0.15, 0.2) is 11.6 Å². The van der Waals surface area contributed by atoms with Crippen LogP contribution < -0.4 is 16.4 Å². The van der Waals surface area contributed by atoms with E-state index in [0.717, 1.165) is 0 Å². The third-order valence-corrected chi connectivity index (χ3v) is 2.85. The molecule has 4 N–H and O–H groups in total. The zero-order valence-corrected chi connectivity index (χ0v) is 13.4. The standard InChI is InChI=1S/C15H25FN4O/c1-14(2,3)19-9-10-6-7-18-13(12(10)16)20-15(4,5)8-11(17)21/h6-7,19H,8-9H2,1-5H3,(H2,17,21)(H,18,20). The van der Waals surface area contributed by atoms with E-state index in [4.69, 9.17) is 5.73 Å². The summed E-state index contributed by atoms with van der Waals surface area (Å²) in [6.45, 7) is 10.0. The number of nitrogens with one attached hydrogen (secondary N) is 2. The molecule has 0 saturated carbocycles. The number of pyridine rings is 1. The van der Waals surface area contributed by atoms with Crippen LogP contribution in [0, 0.1) is 5.82 Å². The van der Waals surface area contributed by atoms with Crippen LogP contribution >= 0.6 is 0 Å². The molecule has 1 heterocycles. The first-order valence-electron chi connectivity index (χ1n) is 6.95. The number of nitrogens with zero attached hydrogens (tertiary/aromatic N) is 1. The highest BCUT2D eigenvalue weighted by Gasteiger charge is 2.23. The molecule has 6 heteroatoms. The number of anilines is 1. The fourth-order valence-corrected chi connectivity index (χ4v) is 1.87. The van der Waals surface area contributed by atoms with Gasteiger partial charge in [0.05, 0.1) is 0 Å². The van der Waals surface area contributed by atoms with Crippen LogP contribution in [-0.2, 0) is 11.3 Å². The van der Waals surface area contributed by atoms with Gasteiger partial charge in [-0.25, -0.2) is 9.37 Å². The summed E-state index contributed by atoms with van der Waals surface area (Å²) in [6.07, 6.45) is 1.64. The number of rotatable bonds is 6. The number of aromatic nitrogens is 1. The van der Waals surface area contributed by atoms with Gasteiger partial charge in [0.2, 0.25) is 5.91 Å². The lowest BCUT2D eigenvalue weighted by atomic mass is 10.00. The highest BCUT2D eigenvalue weighted by molar-refractivity contribution is 5.75. The summed E-state index contributed by atoms with van der Waals surface area (Å²) in [5.41, 5.74) is 4.96. The quantitative estimate of drug-likeness (QED) is 0.751. The maximum absolute atomic E-state index is 14.4. The molecular formula is C15H25FN4O. The minimum Gasteiger partial charge on any atom is -0.370 e. The molecule has 0 aliphatic rings. The van der Waals surface area contributed by atoms with Crippen molar-refractivity contribution >= 4 is 11.7 Å². The monoisotopic (exact) mass is 296 g/mol. The molecule has 0 saturated heterocycles. The number of hydrogen-bond acceptors (Lipinski definition) is 4. The van der Waals surface area contributed by atoms with E-state index in [2.05, 4.69) is 15.6 Å². The fourth-order valence-electron chi connectivity index (χ4n) is 1.87. The summed E-state index contributed by atoms with van der Waals surface area (Å²) in [7, 11) is 0. The fraction of sp³-hybridized carbons (Fsp3) is 0.600. The third kappa shape index (κ3) is 6.08. The molecular weight excluding hydrogens is 271 g/mol. The van der Waals surface area contributed by atoms with Gasteiger partial charge >= 0.3 is 0 Å². The SMILES string of the molecule is CC(C)(C)NCc1ccnc(NC(C)(C)CC(N)=O)c1F. The van der Waals surface area contributed by atoms with E-state index in [1.807, 2.05) is 20.8 Å². The van der Waals surface area contributed by atoms with Crippen molar-refractivity contribution in [2.24, 2.45) is 5.73 Å². The second kappa shape index (κ2) is 6.39. The summed E-state index contributed by atoms with van der Waals surface area (Å²) >= 11 is 0. The van der Waals surface area contributed by atoms with E-state index in [0.29, 0.717) is 12.1 Å². The lowest BCUT2D eigenvalue weighted by Gasteiger charge is -2.26. The van der Waals surface area contributed by atoms with Gasteiger partial charge in [0.25, 0.3) is 0 Å². The van der Waals surface area contributed by atoms with Crippen molar-refractivity contribution in [3.63, 3.8) is 0 Å². The van der Waals surface area contributed by atoms with Crippen molar-refractivity contribution in [1.29, 1.82) is 0 Å². The number of primary amides is 1. The molecule has 0 aliphatic carbocycles. The van der Waals surface area contributed by atoms with Gasteiger partial charge in [0, 0.05) is 35.8 Å². The Morgan fingerprint density at radius 3 is 2.48 bits per heavy atom. The number of hydrogen-bond donors (Lipinski definition) is 3. The molecule has 21 heavy (non-hydrogen) atoms. The van der Waals surface area contributed by atoms with Crippen LogP contribution in [0.25, 0.3) is 0 Å². The number of amides is 1. The maximum atomic E-state index is 14.4. The predicted octanol–water partition coefficient (Wildman–Crippen LogP) is 2.17. The van der Waals surface area contributed by atoms with E-state index >= 15 is 0 Å². The molecule has 5 nitrogen and oxygen atoms in total. The Kier molecular flexibility index (Phi) is 5.28. The minimum atomic E-state index is -0.657. The van der Waals surface area contributed by atoms with Gasteiger partial charge in [0.1, 0.15) is 0 Å². The average molecular weight is 296 g/mol. The van der Waals surface area contributed by atoms with E-state index in [1.54, 1.807) is 26.1 Å². The Bertz CT molecular complexity index is 509. The maximum Gasteiger partial charge on any atom is 0.219 e. The first-order chi connectivity index (χ1) is 9.50. The van der Waals surface area contributed by atoms with Crippen molar-refractivity contribution in [2.45, 2.75) is 58.7 Å². The molecule has 0 fully saturated rings. The van der Waals surface area contributed by atoms with E-state index in [9.17, 15) is 9.18 Å². The van der Waals surface area contributed by atoms with E-state index < -0.39 is 17.3 Å². The van der Waals surface area contributed by atoms with Gasteiger partial charge in [-0.3, -0.25) is 4.79 Å². The van der Waals surface area contributed by atoms with Gasteiger partial charge in [-0.1, -0.05) is 0 Å². The highest BCUT2D eigenvalue weighted by atomic mass is 19.1. The molecule has 0 radical (unpaired) electrons. The molecule has 0 aromatic carbocycles. The highest BCUT2D eigenvalue weighted by Crippen LogP contribution is 2.21.